The van der Waals surface area contributed by atoms with Crippen LogP contribution in [0.4, 0.5) is 0 Å². The standard InChI is InChI=1S/C19H17N3O4S3/c1-25-9-17-20-13(11-29-17)19(24)26-10-18(23)22-14(16-5-3-7-28-16)8-12(21-22)15-4-2-6-27-15/h2-7,11,14H,8-10H2,1H3. The second-order valence-electron chi connectivity index (χ2n) is 6.13. The zero-order valence-electron chi connectivity index (χ0n) is 15.4. The van der Waals surface area contributed by atoms with Crippen molar-refractivity contribution in [1.29, 1.82) is 0 Å². The third-order valence-electron chi connectivity index (χ3n) is 4.20. The maximum absolute atomic E-state index is 12.8. The molecule has 29 heavy (non-hydrogen) atoms. The number of thiophene rings is 2. The number of aromatic nitrogens is 1. The minimum Gasteiger partial charge on any atom is -0.451 e. The number of esters is 1. The molecular weight excluding hydrogens is 430 g/mol. The normalized spacial score (nSPS) is 16.1. The summed E-state index contributed by atoms with van der Waals surface area (Å²) in [6, 6.07) is 7.70. The van der Waals surface area contributed by atoms with Gasteiger partial charge in [0.1, 0.15) is 5.01 Å². The van der Waals surface area contributed by atoms with Crippen molar-refractivity contribution in [1.82, 2.24) is 9.99 Å². The number of rotatable bonds is 7. The molecule has 0 N–H and O–H groups in total. The first-order valence-corrected chi connectivity index (χ1v) is 11.4. The highest BCUT2D eigenvalue weighted by molar-refractivity contribution is 7.12. The molecule has 4 heterocycles. The van der Waals surface area contributed by atoms with Gasteiger partial charge < -0.3 is 9.47 Å². The molecule has 0 fully saturated rings. The van der Waals surface area contributed by atoms with Crippen LogP contribution in [0.15, 0.2) is 45.5 Å². The molecule has 1 amide bonds. The molecule has 0 aliphatic carbocycles. The lowest BCUT2D eigenvalue weighted by Crippen LogP contribution is -2.31. The van der Waals surface area contributed by atoms with E-state index in [1.807, 2.05) is 35.0 Å². The number of methoxy groups -OCH3 is 1. The van der Waals surface area contributed by atoms with E-state index in [4.69, 9.17) is 9.47 Å². The molecule has 1 atom stereocenters. The third-order valence-corrected chi connectivity index (χ3v) is 6.91. The van der Waals surface area contributed by atoms with Crippen LogP contribution in [0.25, 0.3) is 0 Å². The summed E-state index contributed by atoms with van der Waals surface area (Å²) in [5.41, 5.74) is 1.04. The largest absolute Gasteiger partial charge is 0.451 e. The molecule has 7 nitrogen and oxygen atoms in total. The van der Waals surface area contributed by atoms with Crippen LogP contribution < -0.4 is 0 Å². The second kappa shape index (κ2) is 8.95. The molecule has 0 saturated carbocycles. The second-order valence-corrected chi connectivity index (χ2v) is 9.00. The highest BCUT2D eigenvalue weighted by atomic mass is 32.1. The number of ether oxygens (including phenoxy) is 2. The number of carbonyl (C=O) groups excluding carboxylic acids is 2. The molecule has 0 aromatic carbocycles. The summed E-state index contributed by atoms with van der Waals surface area (Å²) in [5, 5.41) is 12.2. The summed E-state index contributed by atoms with van der Waals surface area (Å²) in [7, 11) is 1.56. The van der Waals surface area contributed by atoms with Gasteiger partial charge in [-0.2, -0.15) is 5.10 Å². The molecular formula is C19H17N3O4S3. The number of hydrogen-bond donors (Lipinski definition) is 0. The van der Waals surface area contributed by atoms with Crippen molar-refractivity contribution in [3.05, 3.63) is 60.9 Å². The molecule has 0 bridgehead atoms. The minimum absolute atomic E-state index is 0.175. The first-order chi connectivity index (χ1) is 14.2. The Morgan fingerprint density at radius 2 is 2.03 bits per heavy atom. The summed E-state index contributed by atoms with van der Waals surface area (Å²) in [6.45, 7) is -0.0631. The first kappa shape index (κ1) is 19.9. The highest BCUT2D eigenvalue weighted by Crippen LogP contribution is 2.35. The zero-order chi connectivity index (χ0) is 20.2. The van der Waals surface area contributed by atoms with Crippen LogP contribution in [0, 0.1) is 0 Å². The fourth-order valence-corrected chi connectivity index (χ4v) is 5.16. The predicted octanol–water partition coefficient (Wildman–Crippen LogP) is 3.95. The lowest BCUT2D eigenvalue weighted by Gasteiger charge is -2.20. The summed E-state index contributed by atoms with van der Waals surface area (Å²) in [4.78, 5) is 31.3. The Bertz CT molecular complexity index is 1010. The number of hydrazone groups is 1. The van der Waals surface area contributed by atoms with Crippen LogP contribution in [-0.4, -0.2) is 41.3 Å². The van der Waals surface area contributed by atoms with Crippen molar-refractivity contribution >= 4 is 51.6 Å². The molecule has 1 aliphatic rings. The fraction of sp³-hybridized carbons (Fsp3) is 0.263. The van der Waals surface area contributed by atoms with Gasteiger partial charge in [-0.25, -0.2) is 14.8 Å². The van der Waals surface area contributed by atoms with Gasteiger partial charge in [0.15, 0.2) is 12.3 Å². The van der Waals surface area contributed by atoms with Gasteiger partial charge in [-0.05, 0) is 22.9 Å². The van der Waals surface area contributed by atoms with Gasteiger partial charge in [0.2, 0.25) is 0 Å². The Morgan fingerprint density at radius 1 is 1.21 bits per heavy atom. The van der Waals surface area contributed by atoms with E-state index >= 15 is 0 Å². The number of thiazole rings is 1. The maximum atomic E-state index is 12.8. The van der Waals surface area contributed by atoms with Gasteiger partial charge in [0.25, 0.3) is 5.91 Å². The van der Waals surface area contributed by atoms with Gasteiger partial charge in [0.05, 0.1) is 23.2 Å². The highest BCUT2D eigenvalue weighted by Gasteiger charge is 2.34. The lowest BCUT2D eigenvalue weighted by molar-refractivity contribution is -0.136. The van der Waals surface area contributed by atoms with E-state index in [0.29, 0.717) is 18.0 Å². The summed E-state index contributed by atoms with van der Waals surface area (Å²) < 4.78 is 10.2. The van der Waals surface area contributed by atoms with E-state index in [1.54, 1.807) is 35.2 Å². The van der Waals surface area contributed by atoms with Gasteiger partial charge in [-0.3, -0.25) is 4.79 Å². The van der Waals surface area contributed by atoms with Crippen molar-refractivity contribution in [3.63, 3.8) is 0 Å². The maximum Gasteiger partial charge on any atom is 0.358 e. The van der Waals surface area contributed by atoms with Crippen molar-refractivity contribution in [3.8, 4) is 0 Å². The molecule has 10 heteroatoms. The number of nitrogens with zero attached hydrogens (tertiary/aromatic N) is 3. The van der Waals surface area contributed by atoms with Crippen molar-refractivity contribution in [2.45, 2.75) is 19.1 Å². The third kappa shape index (κ3) is 4.45. The smallest absolute Gasteiger partial charge is 0.358 e. The summed E-state index contributed by atoms with van der Waals surface area (Å²) in [5.74, 6) is -0.998. The fourth-order valence-electron chi connectivity index (χ4n) is 2.90. The van der Waals surface area contributed by atoms with E-state index in [0.717, 1.165) is 15.5 Å². The Kier molecular flexibility index (Phi) is 6.14. The zero-order valence-corrected chi connectivity index (χ0v) is 17.9. The van der Waals surface area contributed by atoms with Crippen molar-refractivity contribution < 1.29 is 19.1 Å². The average Bonchev–Trinajstić information content (AvgIpc) is 3.51. The van der Waals surface area contributed by atoms with Crippen LogP contribution in [0.5, 0.6) is 0 Å². The number of amides is 1. The molecule has 0 spiro atoms. The van der Waals surface area contributed by atoms with Crippen LogP contribution >= 0.6 is 34.0 Å². The van der Waals surface area contributed by atoms with Gasteiger partial charge >= 0.3 is 5.97 Å². The lowest BCUT2D eigenvalue weighted by atomic mass is 10.1. The van der Waals surface area contributed by atoms with E-state index in [-0.39, 0.29) is 24.2 Å². The summed E-state index contributed by atoms with van der Waals surface area (Å²) >= 11 is 4.47. The minimum atomic E-state index is -0.633. The SMILES string of the molecule is COCc1nc(C(=O)OCC(=O)N2N=C(c3cccs3)CC2c2cccs2)cs1. The van der Waals surface area contributed by atoms with Gasteiger partial charge in [0, 0.05) is 23.8 Å². The molecule has 150 valence electrons. The average molecular weight is 448 g/mol. The molecule has 0 saturated heterocycles. The van der Waals surface area contributed by atoms with E-state index in [1.165, 1.54) is 16.3 Å². The molecule has 1 unspecified atom stereocenters. The number of carbonyl (C=O) groups is 2. The topological polar surface area (TPSA) is 81.1 Å². The predicted molar refractivity (Wildman–Crippen MR) is 112 cm³/mol. The van der Waals surface area contributed by atoms with Crippen molar-refractivity contribution in [2.24, 2.45) is 5.10 Å². The van der Waals surface area contributed by atoms with Crippen LogP contribution in [0.1, 0.15) is 37.7 Å². The quantitative estimate of drug-likeness (QED) is 0.513. The van der Waals surface area contributed by atoms with Crippen LogP contribution in [0.3, 0.4) is 0 Å². The summed E-state index contributed by atoms with van der Waals surface area (Å²) in [6.07, 6.45) is 0.632. The Labute approximate surface area is 179 Å². The monoisotopic (exact) mass is 447 g/mol. The molecule has 1 aliphatic heterocycles. The molecule has 0 radical (unpaired) electrons. The Hall–Kier alpha value is -2.40. The Morgan fingerprint density at radius 3 is 2.76 bits per heavy atom. The molecule has 3 aromatic rings. The van der Waals surface area contributed by atoms with Gasteiger partial charge in [-0.1, -0.05) is 12.1 Å². The van der Waals surface area contributed by atoms with E-state index in [2.05, 4.69) is 10.1 Å². The van der Waals surface area contributed by atoms with Crippen LogP contribution in [0.2, 0.25) is 0 Å². The van der Waals surface area contributed by atoms with E-state index in [9.17, 15) is 9.59 Å². The first-order valence-electron chi connectivity index (χ1n) is 8.73. The van der Waals surface area contributed by atoms with Gasteiger partial charge in [-0.15, -0.1) is 34.0 Å². The molecule has 4 rings (SSSR count). The van der Waals surface area contributed by atoms with E-state index < -0.39 is 5.97 Å². The molecule has 3 aromatic heterocycles. The van der Waals surface area contributed by atoms with Crippen LogP contribution in [-0.2, 0) is 20.9 Å². The Balaban J connectivity index is 1.45. The number of hydrogen-bond acceptors (Lipinski definition) is 9. The van der Waals surface area contributed by atoms with Crippen molar-refractivity contribution in [2.75, 3.05) is 13.7 Å².